The Morgan fingerprint density at radius 2 is 2.35 bits per heavy atom. The van der Waals surface area contributed by atoms with Crippen LogP contribution < -0.4 is 5.32 Å². The third kappa shape index (κ3) is 3.74. The zero-order chi connectivity index (χ0) is 17.8. The summed E-state index contributed by atoms with van der Waals surface area (Å²) in [6.45, 7) is 5.23. The molecule has 6 heteroatoms. The van der Waals surface area contributed by atoms with Gasteiger partial charge >= 0.3 is 0 Å². The quantitative estimate of drug-likeness (QED) is 0.803. The molecule has 1 amide bonds. The monoisotopic (exact) mass is 376 g/mol. The smallest absolute Gasteiger partial charge is 0.234 e. The minimum Gasteiger partial charge on any atom is -0.380 e. The van der Waals surface area contributed by atoms with Gasteiger partial charge in [0.2, 0.25) is 5.91 Å². The molecule has 0 bridgehead atoms. The molecular formula is C20H28N2O3S. The maximum atomic E-state index is 12.5. The summed E-state index contributed by atoms with van der Waals surface area (Å²) >= 11 is 1.68. The van der Waals surface area contributed by atoms with E-state index in [9.17, 15) is 4.79 Å². The third-order valence-corrected chi connectivity index (χ3v) is 6.91. The molecule has 0 unspecified atom stereocenters. The predicted molar refractivity (Wildman–Crippen MR) is 102 cm³/mol. The van der Waals surface area contributed by atoms with Crippen LogP contribution in [0.4, 0.5) is 0 Å². The maximum Gasteiger partial charge on any atom is 0.234 e. The highest BCUT2D eigenvalue weighted by Crippen LogP contribution is 2.47. The zero-order valence-electron chi connectivity index (χ0n) is 15.2. The van der Waals surface area contributed by atoms with E-state index < -0.39 is 0 Å². The number of hydrogen-bond acceptors (Lipinski definition) is 5. The van der Waals surface area contributed by atoms with Crippen LogP contribution >= 0.6 is 11.3 Å². The molecule has 1 aromatic heterocycles. The van der Waals surface area contributed by atoms with Gasteiger partial charge in [-0.25, -0.2) is 0 Å². The number of ether oxygens (including phenoxy) is 2. The lowest BCUT2D eigenvalue weighted by Crippen LogP contribution is -2.59. The second-order valence-electron chi connectivity index (χ2n) is 7.50. The lowest BCUT2D eigenvalue weighted by atomic mass is 9.65. The van der Waals surface area contributed by atoms with E-state index in [-0.39, 0.29) is 11.3 Å². The topological polar surface area (TPSA) is 50.8 Å². The Morgan fingerprint density at radius 3 is 3.15 bits per heavy atom. The second kappa shape index (κ2) is 8.21. The van der Waals surface area contributed by atoms with E-state index in [4.69, 9.17) is 9.47 Å². The summed E-state index contributed by atoms with van der Waals surface area (Å²) in [7, 11) is 0. The highest BCUT2D eigenvalue weighted by atomic mass is 32.1. The highest BCUT2D eigenvalue weighted by molar-refractivity contribution is 7.09. The maximum absolute atomic E-state index is 12.5. The van der Waals surface area contributed by atoms with Crippen molar-refractivity contribution in [2.24, 2.45) is 5.41 Å². The minimum atomic E-state index is 0.0777. The Morgan fingerprint density at radius 1 is 1.38 bits per heavy atom. The molecule has 3 aliphatic heterocycles. The number of nitrogens with one attached hydrogen (secondary N) is 1. The highest BCUT2D eigenvalue weighted by Gasteiger charge is 2.49. The van der Waals surface area contributed by atoms with Gasteiger partial charge in [-0.3, -0.25) is 9.69 Å². The van der Waals surface area contributed by atoms with Gasteiger partial charge in [0.15, 0.2) is 0 Å². The standard InChI is InChI=1S/C20H28N2O3S/c23-19(21-13-17-3-1-12-26-17)14-22-8-2-7-20(15-25-11-6-18(20)22)16-4-9-24-10-5-16/h1,3-4,12,18H,2,5-11,13-15H2,(H,21,23)/t18-,20-/m1/s1. The number of carbonyl (C=O) groups excluding carboxylic acids is 1. The first-order valence-corrected chi connectivity index (χ1v) is 10.5. The van der Waals surface area contributed by atoms with Crippen LogP contribution in [0, 0.1) is 5.41 Å². The summed E-state index contributed by atoms with van der Waals surface area (Å²) in [5.41, 5.74) is 1.58. The van der Waals surface area contributed by atoms with Gasteiger partial charge in [-0.2, -0.15) is 0 Å². The van der Waals surface area contributed by atoms with Crippen molar-refractivity contribution in [2.45, 2.75) is 38.3 Å². The molecule has 4 rings (SSSR count). The van der Waals surface area contributed by atoms with Crippen molar-refractivity contribution in [1.82, 2.24) is 10.2 Å². The molecule has 4 heterocycles. The molecule has 2 atom stereocenters. The average molecular weight is 377 g/mol. The molecule has 3 aliphatic rings. The molecule has 142 valence electrons. The molecule has 0 aliphatic carbocycles. The number of thiophene rings is 1. The van der Waals surface area contributed by atoms with Gasteiger partial charge in [0.05, 0.1) is 32.9 Å². The lowest BCUT2D eigenvalue weighted by Gasteiger charge is -2.54. The molecule has 2 fully saturated rings. The van der Waals surface area contributed by atoms with Crippen LogP contribution in [0.2, 0.25) is 0 Å². The van der Waals surface area contributed by atoms with E-state index in [0.29, 0.717) is 25.7 Å². The van der Waals surface area contributed by atoms with E-state index >= 15 is 0 Å². The number of carbonyl (C=O) groups is 1. The average Bonchev–Trinajstić information content (AvgIpc) is 3.21. The zero-order valence-corrected chi connectivity index (χ0v) is 16.1. The normalized spacial score (nSPS) is 29.7. The van der Waals surface area contributed by atoms with Crippen LogP contribution in [0.3, 0.4) is 0 Å². The van der Waals surface area contributed by atoms with E-state index in [2.05, 4.69) is 22.4 Å². The fraction of sp³-hybridized carbons (Fsp3) is 0.650. The van der Waals surface area contributed by atoms with Gasteiger partial charge in [0.1, 0.15) is 0 Å². The molecule has 1 N–H and O–H groups in total. The summed E-state index contributed by atoms with van der Waals surface area (Å²) in [6, 6.07) is 4.49. The predicted octanol–water partition coefficient (Wildman–Crippen LogP) is 2.58. The fourth-order valence-corrected chi connectivity index (χ4v) is 5.47. The van der Waals surface area contributed by atoms with Gasteiger partial charge in [-0.15, -0.1) is 11.3 Å². The Labute approximate surface area is 159 Å². The van der Waals surface area contributed by atoms with Crippen molar-refractivity contribution in [3.8, 4) is 0 Å². The number of amides is 1. The first-order valence-electron chi connectivity index (χ1n) is 9.66. The fourth-order valence-electron chi connectivity index (χ4n) is 4.82. The minimum absolute atomic E-state index is 0.0777. The molecule has 0 aromatic carbocycles. The molecule has 0 spiro atoms. The number of fused-ring (bicyclic) bond motifs is 1. The van der Waals surface area contributed by atoms with Crippen molar-refractivity contribution in [3.05, 3.63) is 34.0 Å². The van der Waals surface area contributed by atoms with Gasteiger partial charge < -0.3 is 14.8 Å². The van der Waals surface area contributed by atoms with Crippen molar-refractivity contribution >= 4 is 17.2 Å². The van der Waals surface area contributed by atoms with Crippen molar-refractivity contribution in [3.63, 3.8) is 0 Å². The van der Waals surface area contributed by atoms with E-state index in [1.807, 2.05) is 11.4 Å². The van der Waals surface area contributed by atoms with Crippen LogP contribution in [0.1, 0.15) is 30.6 Å². The largest absolute Gasteiger partial charge is 0.380 e. The van der Waals surface area contributed by atoms with Crippen molar-refractivity contribution in [1.29, 1.82) is 0 Å². The van der Waals surface area contributed by atoms with E-state index in [0.717, 1.165) is 52.0 Å². The van der Waals surface area contributed by atoms with E-state index in [1.54, 1.807) is 11.3 Å². The number of likely N-dealkylation sites (tertiary alicyclic amines) is 1. The van der Waals surface area contributed by atoms with Gasteiger partial charge in [0.25, 0.3) is 0 Å². The van der Waals surface area contributed by atoms with Gasteiger partial charge in [-0.1, -0.05) is 17.7 Å². The van der Waals surface area contributed by atoms with Crippen molar-refractivity contribution < 1.29 is 14.3 Å². The summed E-state index contributed by atoms with van der Waals surface area (Å²) in [4.78, 5) is 16.2. The summed E-state index contributed by atoms with van der Waals surface area (Å²) < 4.78 is 11.5. The van der Waals surface area contributed by atoms with Crippen LogP contribution in [0.25, 0.3) is 0 Å². The Balaban J connectivity index is 1.44. The number of piperidine rings is 1. The summed E-state index contributed by atoms with van der Waals surface area (Å²) in [6.07, 6.45) is 6.56. The Bertz CT molecular complexity index is 641. The first kappa shape index (κ1) is 18.2. The summed E-state index contributed by atoms with van der Waals surface area (Å²) in [5.74, 6) is 0.127. The molecule has 1 aromatic rings. The molecule has 2 saturated heterocycles. The van der Waals surface area contributed by atoms with Crippen LogP contribution in [0.15, 0.2) is 29.2 Å². The van der Waals surface area contributed by atoms with Crippen LogP contribution in [-0.4, -0.2) is 56.4 Å². The SMILES string of the molecule is O=C(CN1CCC[C@]2(C3=CCOCC3)COCC[C@@H]12)NCc1cccs1. The van der Waals surface area contributed by atoms with Crippen LogP contribution in [-0.2, 0) is 20.8 Å². The van der Waals surface area contributed by atoms with Gasteiger partial charge in [0, 0.05) is 22.9 Å². The van der Waals surface area contributed by atoms with Crippen LogP contribution in [0.5, 0.6) is 0 Å². The molecule has 26 heavy (non-hydrogen) atoms. The second-order valence-corrected chi connectivity index (χ2v) is 8.53. The van der Waals surface area contributed by atoms with Gasteiger partial charge in [-0.05, 0) is 43.7 Å². The number of hydrogen-bond donors (Lipinski definition) is 1. The third-order valence-electron chi connectivity index (χ3n) is 6.03. The molecule has 5 nitrogen and oxygen atoms in total. The Hall–Kier alpha value is -1.21. The number of nitrogens with zero attached hydrogens (tertiary/aromatic N) is 1. The molecule has 0 radical (unpaired) electrons. The molecule has 0 saturated carbocycles. The lowest BCUT2D eigenvalue weighted by molar-refractivity contribution is -0.128. The number of rotatable bonds is 5. The van der Waals surface area contributed by atoms with E-state index in [1.165, 1.54) is 10.5 Å². The summed E-state index contributed by atoms with van der Waals surface area (Å²) in [5, 5.41) is 5.13. The Kier molecular flexibility index (Phi) is 5.74. The van der Waals surface area contributed by atoms with Crippen molar-refractivity contribution in [2.75, 3.05) is 39.5 Å². The first-order chi connectivity index (χ1) is 12.8. The molecular weight excluding hydrogens is 348 g/mol.